The zero-order chi connectivity index (χ0) is 10.2. The van der Waals surface area contributed by atoms with Crippen molar-refractivity contribution in [2.75, 3.05) is 0 Å². The molecule has 84 valence electrons. The SMILES string of the molecule is CCCCCC(C)SC1CCCCC1. The third-order valence-electron chi connectivity index (χ3n) is 3.19. The molecule has 1 atom stereocenters. The highest BCUT2D eigenvalue weighted by Crippen LogP contribution is 2.32. The summed E-state index contributed by atoms with van der Waals surface area (Å²) in [7, 11) is 0. The van der Waals surface area contributed by atoms with E-state index < -0.39 is 0 Å². The Labute approximate surface area is 94.2 Å². The number of rotatable bonds is 6. The predicted octanol–water partition coefficient (Wildman–Crippen LogP) is 5.02. The zero-order valence-corrected chi connectivity index (χ0v) is 10.7. The fraction of sp³-hybridized carbons (Fsp3) is 1.00. The van der Waals surface area contributed by atoms with Crippen molar-refractivity contribution in [2.45, 2.75) is 82.1 Å². The van der Waals surface area contributed by atoms with Gasteiger partial charge in [0.25, 0.3) is 0 Å². The molecule has 0 nitrogen and oxygen atoms in total. The van der Waals surface area contributed by atoms with Gasteiger partial charge in [-0.2, -0.15) is 11.8 Å². The molecule has 0 N–H and O–H groups in total. The van der Waals surface area contributed by atoms with E-state index >= 15 is 0 Å². The molecule has 0 spiro atoms. The standard InChI is InChI=1S/C13H26S/c1-3-4-6-9-12(2)14-13-10-7-5-8-11-13/h12-13H,3-11H2,1-2H3. The van der Waals surface area contributed by atoms with Crippen LogP contribution < -0.4 is 0 Å². The van der Waals surface area contributed by atoms with E-state index in [0.29, 0.717) is 0 Å². The van der Waals surface area contributed by atoms with Gasteiger partial charge in [-0.1, -0.05) is 52.4 Å². The lowest BCUT2D eigenvalue weighted by Crippen LogP contribution is -2.12. The van der Waals surface area contributed by atoms with Crippen molar-refractivity contribution in [1.29, 1.82) is 0 Å². The summed E-state index contributed by atoms with van der Waals surface area (Å²) in [4.78, 5) is 0. The van der Waals surface area contributed by atoms with E-state index in [2.05, 4.69) is 25.6 Å². The van der Waals surface area contributed by atoms with Crippen LogP contribution in [0.3, 0.4) is 0 Å². The molecule has 1 fully saturated rings. The molecule has 1 saturated carbocycles. The zero-order valence-electron chi connectivity index (χ0n) is 9.93. The Morgan fingerprint density at radius 2 is 1.86 bits per heavy atom. The maximum absolute atomic E-state index is 2.43. The Morgan fingerprint density at radius 1 is 1.14 bits per heavy atom. The molecule has 1 unspecified atom stereocenters. The van der Waals surface area contributed by atoms with Gasteiger partial charge in [-0.05, 0) is 19.3 Å². The van der Waals surface area contributed by atoms with E-state index in [1.807, 2.05) is 0 Å². The Hall–Kier alpha value is 0.350. The Kier molecular flexibility index (Phi) is 6.76. The van der Waals surface area contributed by atoms with Crippen LogP contribution in [0, 0.1) is 0 Å². The highest BCUT2D eigenvalue weighted by atomic mass is 32.2. The van der Waals surface area contributed by atoms with Crippen molar-refractivity contribution in [3.05, 3.63) is 0 Å². The van der Waals surface area contributed by atoms with Gasteiger partial charge in [-0.3, -0.25) is 0 Å². The summed E-state index contributed by atoms with van der Waals surface area (Å²) in [6, 6.07) is 0. The molecule has 1 aliphatic carbocycles. The highest BCUT2D eigenvalue weighted by molar-refractivity contribution is 8.00. The van der Waals surface area contributed by atoms with Gasteiger partial charge in [-0.15, -0.1) is 0 Å². The van der Waals surface area contributed by atoms with E-state index in [1.165, 1.54) is 57.8 Å². The molecule has 0 bridgehead atoms. The lowest BCUT2D eigenvalue weighted by Gasteiger charge is -2.24. The van der Waals surface area contributed by atoms with Crippen LogP contribution in [-0.2, 0) is 0 Å². The average Bonchev–Trinajstić information content (AvgIpc) is 2.20. The van der Waals surface area contributed by atoms with E-state index in [-0.39, 0.29) is 0 Å². The van der Waals surface area contributed by atoms with Crippen LogP contribution in [0.5, 0.6) is 0 Å². The van der Waals surface area contributed by atoms with Gasteiger partial charge < -0.3 is 0 Å². The van der Waals surface area contributed by atoms with Crippen LogP contribution in [0.4, 0.5) is 0 Å². The Balaban J connectivity index is 2.03. The molecule has 1 rings (SSSR count). The molecule has 1 aliphatic rings. The lowest BCUT2D eigenvalue weighted by molar-refractivity contribution is 0.514. The van der Waals surface area contributed by atoms with Gasteiger partial charge in [0.05, 0.1) is 0 Å². The second-order valence-electron chi connectivity index (χ2n) is 4.70. The predicted molar refractivity (Wildman–Crippen MR) is 68.1 cm³/mol. The van der Waals surface area contributed by atoms with Gasteiger partial charge >= 0.3 is 0 Å². The molecule has 0 aromatic rings. The number of hydrogen-bond acceptors (Lipinski definition) is 1. The first kappa shape index (κ1) is 12.4. The van der Waals surface area contributed by atoms with Crippen LogP contribution in [0.15, 0.2) is 0 Å². The van der Waals surface area contributed by atoms with E-state index in [4.69, 9.17) is 0 Å². The maximum Gasteiger partial charge on any atom is 0.00497 e. The summed E-state index contributed by atoms with van der Waals surface area (Å²) < 4.78 is 0. The van der Waals surface area contributed by atoms with E-state index in [1.54, 1.807) is 0 Å². The minimum Gasteiger partial charge on any atom is -0.155 e. The minimum absolute atomic E-state index is 0.907. The summed E-state index contributed by atoms with van der Waals surface area (Å²) in [5, 5.41) is 1.91. The molecule has 14 heavy (non-hydrogen) atoms. The molecule has 0 saturated heterocycles. The van der Waals surface area contributed by atoms with Crippen molar-refractivity contribution in [3.8, 4) is 0 Å². The maximum atomic E-state index is 2.43. The molecule has 1 heteroatoms. The summed E-state index contributed by atoms with van der Waals surface area (Å²) in [6.45, 7) is 4.72. The Morgan fingerprint density at radius 3 is 2.50 bits per heavy atom. The van der Waals surface area contributed by atoms with Crippen molar-refractivity contribution in [3.63, 3.8) is 0 Å². The Bertz CT molecular complexity index is 127. The van der Waals surface area contributed by atoms with Gasteiger partial charge in [0.15, 0.2) is 0 Å². The van der Waals surface area contributed by atoms with Crippen molar-refractivity contribution < 1.29 is 0 Å². The van der Waals surface area contributed by atoms with E-state index in [9.17, 15) is 0 Å². The smallest absolute Gasteiger partial charge is 0.00497 e. The van der Waals surface area contributed by atoms with Crippen molar-refractivity contribution >= 4 is 11.8 Å². The first-order valence-electron chi connectivity index (χ1n) is 6.48. The molecule has 0 heterocycles. The van der Waals surface area contributed by atoms with Crippen LogP contribution >= 0.6 is 11.8 Å². The molecule has 0 aliphatic heterocycles. The second kappa shape index (κ2) is 7.62. The van der Waals surface area contributed by atoms with Crippen molar-refractivity contribution in [1.82, 2.24) is 0 Å². The number of hydrogen-bond donors (Lipinski definition) is 0. The monoisotopic (exact) mass is 214 g/mol. The number of unbranched alkanes of at least 4 members (excludes halogenated alkanes) is 2. The molecule has 0 amide bonds. The highest BCUT2D eigenvalue weighted by Gasteiger charge is 2.16. The van der Waals surface area contributed by atoms with Crippen LogP contribution in [-0.4, -0.2) is 10.5 Å². The summed E-state index contributed by atoms with van der Waals surface area (Å²) >= 11 is 2.27. The van der Waals surface area contributed by atoms with Crippen LogP contribution in [0.25, 0.3) is 0 Å². The summed E-state index contributed by atoms with van der Waals surface area (Å²) in [6.07, 6.45) is 13.1. The van der Waals surface area contributed by atoms with Gasteiger partial charge in [-0.25, -0.2) is 0 Å². The van der Waals surface area contributed by atoms with Gasteiger partial charge in [0.2, 0.25) is 0 Å². The second-order valence-corrected chi connectivity index (χ2v) is 6.45. The quantitative estimate of drug-likeness (QED) is 0.559. The van der Waals surface area contributed by atoms with Gasteiger partial charge in [0.1, 0.15) is 0 Å². The fourth-order valence-electron chi connectivity index (χ4n) is 2.28. The third kappa shape index (κ3) is 5.29. The summed E-state index contributed by atoms with van der Waals surface area (Å²) in [5.41, 5.74) is 0. The topological polar surface area (TPSA) is 0 Å². The summed E-state index contributed by atoms with van der Waals surface area (Å²) in [5.74, 6) is 0. The third-order valence-corrected chi connectivity index (χ3v) is 4.75. The fourth-order valence-corrected chi connectivity index (χ4v) is 3.84. The average molecular weight is 214 g/mol. The van der Waals surface area contributed by atoms with Crippen molar-refractivity contribution in [2.24, 2.45) is 0 Å². The van der Waals surface area contributed by atoms with Crippen LogP contribution in [0.1, 0.15) is 71.6 Å². The molecule has 0 aromatic carbocycles. The van der Waals surface area contributed by atoms with Crippen LogP contribution in [0.2, 0.25) is 0 Å². The largest absolute Gasteiger partial charge is 0.155 e. The number of thioether (sulfide) groups is 1. The normalized spacial score (nSPS) is 21.0. The lowest BCUT2D eigenvalue weighted by atomic mass is 10.0. The first-order valence-corrected chi connectivity index (χ1v) is 7.42. The minimum atomic E-state index is 0.907. The molecule has 0 aromatic heterocycles. The molecular formula is C13H26S. The molecular weight excluding hydrogens is 188 g/mol. The first-order chi connectivity index (χ1) is 6.83. The van der Waals surface area contributed by atoms with E-state index in [0.717, 1.165) is 10.5 Å². The molecule has 0 radical (unpaired) electrons. The van der Waals surface area contributed by atoms with Gasteiger partial charge in [0, 0.05) is 10.5 Å².